The molecule has 0 saturated carbocycles. The van der Waals surface area contributed by atoms with E-state index in [0.29, 0.717) is 37.6 Å². The highest BCUT2D eigenvalue weighted by molar-refractivity contribution is 6.10. The van der Waals surface area contributed by atoms with Gasteiger partial charge in [0.15, 0.2) is 5.69 Å². The molecule has 8 heteroatoms. The standard InChI is InChI=1S/C23H25N5O3/c1-24-17-7-4-8-18-19(17)23(21(31)28(18)13-14-29)9-11-27(12-10-23)22-25-16-6-3-2-5-15(16)20(30)26-22/h4,7-8,29H,2-3,5-6,9-14H2,(H,25,26,30). The van der Waals surface area contributed by atoms with Gasteiger partial charge in [-0.2, -0.15) is 0 Å². The van der Waals surface area contributed by atoms with Gasteiger partial charge in [0.05, 0.1) is 24.3 Å². The van der Waals surface area contributed by atoms with Gasteiger partial charge in [-0.3, -0.25) is 14.6 Å². The number of hydrogen-bond acceptors (Lipinski definition) is 5. The molecule has 160 valence electrons. The topological polar surface area (TPSA) is 93.9 Å². The fraction of sp³-hybridized carbons (Fsp3) is 0.478. The Hall–Kier alpha value is -3.18. The van der Waals surface area contributed by atoms with Crippen molar-refractivity contribution < 1.29 is 9.90 Å². The molecular formula is C23H25N5O3. The van der Waals surface area contributed by atoms with E-state index in [2.05, 4.69) is 9.83 Å². The predicted molar refractivity (Wildman–Crippen MR) is 117 cm³/mol. The van der Waals surface area contributed by atoms with Crippen molar-refractivity contribution in [2.45, 2.75) is 43.9 Å². The van der Waals surface area contributed by atoms with E-state index < -0.39 is 5.41 Å². The second-order valence-electron chi connectivity index (χ2n) is 8.55. The average molecular weight is 419 g/mol. The third-order valence-electron chi connectivity index (χ3n) is 6.98. The summed E-state index contributed by atoms with van der Waals surface area (Å²) in [5.74, 6) is 0.538. The second-order valence-corrected chi connectivity index (χ2v) is 8.55. The Balaban J connectivity index is 1.48. The van der Waals surface area contributed by atoms with Gasteiger partial charge in [0.25, 0.3) is 5.56 Å². The lowest BCUT2D eigenvalue weighted by atomic mass is 9.73. The van der Waals surface area contributed by atoms with E-state index in [0.717, 1.165) is 48.2 Å². The van der Waals surface area contributed by atoms with Crippen molar-refractivity contribution in [3.63, 3.8) is 0 Å². The van der Waals surface area contributed by atoms with E-state index in [1.54, 1.807) is 17.0 Å². The normalized spacial score (nSPS) is 19.3. The molecule has 1 aliphatic carbocycles. The number of rotatable bonds is 3. The van der Waals surface area contributed by atoms with E-state index in [-0.39, 0.29) is 24.6 Å². The molecule has 2 aromatic rings. The molecule has 1 aromatic heterocycles. The summed E-state index contributed by atoms with van der Waals surface area (Å²) < 4.78 is 0. The Bertz CT molecular complexity index is 1140. The lowest BCUT2D eigenvalue weighted by molar-refractivity contribution is -0.124. The molecule has 0 bridgehead atoms. The summed E-state index contributed by atoms with van der Waals surface area (Å²) in [7, 11) is 0. The first-order valence-electron chi connectivity index (χ1n) is 10.9. The Kier molecular flexibility index (Phi) is 4.78. The van der Waals surface area contributed by atoms with Crippen LogP contribution in [0.3, 0.4) is 0 Å². The van der Waals surface area contributed by atoms with Gasteiger partial charge >= 0.3 is 0 Å². The highest BCUT2D eigenvalue weighted by Gasteiger charge is 2.53. The number of nitrogens with zero attached hydrogens (tertiary/aromatic N) is 4. The first-order chi connectivity index (χ1) is 15.1. The summed E-state index contributed by atoms with van der Waals surface area (Å²) in [6.45, 7) is 8.84. The second kappa shape index (κ2) is 7.50. The molecule has 1 amide bonds. The first kappa shape index (κ1) is 19.8. The largest absolute Gasteiger partial charge is 0.395 e. The summed E-state index contributed by atoms with van der Waals surface area (Å²) in [6, 6.07) is 5.42. The number of piperidine rings is 1. The van der Waals surface area contributed by atoms with Crippen molar-refractivity contribution in [2.24, 2.45) is 0 Å². The summed E-state index contributed by atoms with van der Waals surface area (Å²) in [5.41, 5.74) is 2.92. The van der Waals surface area contributed by atoms with E-state index in [4.69, 9.17) is 11.6 Å². The number of amides is 1. The summed E-state index contributed by atoms with van der Waals surface area (Å²) in [5, 5.41) is 9.49. The van der Waals surface area contributed by atoms with Crippen LogP contribution in [0.15, 0.2) is 23.0 Å². The molecule has 1 saturated heterocycles. The van der Waals surface area contributed by atoms with Gasteiger partial charge in [0.2, 0.25) is 11.9 Å². The van der Waals surface area contributed by atoms with E-state index in [9.17, 15) is 14.7 Å². The van der Waals surface area contributed by atoms with Crippen LogP contribution in [0.5, 0.6) is 0 Å². The minimum atomic E-state index is -0.767. The van der Waals surface area contributed by atoms with Crippen molar-refractivity contribution >= 4 is 23.2 Å². The molecule has 1 fully saturated rings. The monoisotopic (exact) mass is 419 g/mol. The number of anilines is 2. The van der Waals surface area contributed by atoms with Crippen molar-refractivity contribution in [2.75, 3.05) is 36.0 Å². The molecule has 5 rings (SSSR count). The van der Waals surface area contributed by atoms with Crippen LogP contribution in [-0.4, -0.2) is 47.2 Å². The predicted octanol–water partition coefficient (Wildman–Crippen LogP) is 2.08. The maximum absolute atomic E-state index is 13.5. The third kappa shape index (κ3) is 2.95. The zero-order valence-electron chi connectivity index (χ0n) is 17.4. The zero-order valence-corrected chi connectivity index (χ0v) is 17.4. The minimum Gasteiger partial charge on any atom is -0.395 e. The van der Waals surface area contributed by atoms with Gasteiger partial charge in [-0.15, -0.1) is 0 Å². The van der Waals surface area contributed by atoms with Gasteiger partial charge in [-0.05, 0) is 50.2 Å². The number of aryl methyl sites for hydroxylation is 1. The highest BCUT2D eigenvalue weighted by atomic mass is 16.3. The van der Waals surface area contributed by atoms with E-state index in [1.807, 2.05) is 11.0 Å². The number of benzene rings is 1. The maximum atomic E-state index is 13.5. The number of carbonyl (C=O) groups is 1. The Morgan fingerprint density at radius 1 is 1.19 bits per heavy atom. The fourth-order valence-electron chi connectivity index (χ4n) is 5.44. The number of aliphatic hydroxyl groups excluding tert-OH is 1. The van der Waals surface area contributed by atoms with Crippen LogP contribution in [0, 0.1) is 6.57 Å². The van der Waals surface area contributed by atoms with E-state index >= 15 is 0 Å². The van der Waals surface area contributed by atoms with Gasteiger partial charge < -0.3 is 14.9 Å². The summed E-state index contributed by atoms with van der Waals surface area (Å²) in [6.07, 6.45) is 4.77. The van der Waals surface area contributed by atoms with Gasteiger partial charge in [0.1, 0.15) is 0 Å². The molecule has 0 atom stereocenters. The van der Waals surface area contributed by atoms with Crippen LogP contribution >= 0.6 is 0 Å². The molecule has 1 spiro atoms. The number of nitrogens with one attached hydrogen (secondary N) is 1. The van der Waals surface area contributed by atoms with Gasteiger partial charge in [-0.25, -0.2) is 9.83 Å². The zero-order chi connectivity index (χ0) is 21.6. The molecule has 3 heterocycles. The van der Waals surface area contributed by atoms with Crippen LogP contribution in [0.4, 0.5) is 17.3 Å². The van der Waals surface area contributed by atoms with Crippen LogP contribution in [0.25, 0.3) is 4.85 Å². The molecule has 1 aromatic carbocycles. The molecule has 0 unspecified atom stereocenters. The van der Waals surface area contributed by atoms with Crippen molar-refractivity contribution in [1.29, 1.82) is 0 Å². The van der Waals surface area contributed by atoms with Crippen molar-refractivity contribution in [3.05, 3.63) is 56.8 Å². The van der Waals surface area contributed by atoms with Crippen LogP contribution in [-0.2, 0) is 23.1 Å². The lowest BCUT2D eigenvalue weighted by Gasteiger charge is -2.39. The Morgan fingerprint density at radius 2 is 1.97 bits per heavy atom. The number of H-pyrrole nitrogens is 1. The number of aromatic nitrogens is 2. The quantitative estimate of drug-likeness (QED) is 0.743. The van der Waals surface area contributed by atoms with Crippen LogP contribution in [0.1, 0.15) is 42.5 Å². The molecule has 31 heavy (non-hydrogen) atoms. The van der Waals surface area contributed by atoms with E-state index in [1.165, 1.54) is 0 Å². The SMILES string of the molecule is [C-]#[N+]c1cccc2c1C1(CCN(c3nc4c(c(=O)[nH]3)CCCC4)CC1)C(=O)N2CCO. The maximum Gasteiger partial charge on any atom is 0.255 e. The number of hydrogen-bond donors (Lipinski definition) is 2. The highest BCUT2D eigenvalue weighted by Crippen LogP contribution is 2.52. The molecule has 8 nitrogen and oxygen atoms in total. The van der Waals surface area contributed by atoms with Gasteiger partial charge in [0, 0.05) is 30.9 Å². The van der Waals surface area contributed by atoms with Crippen molar-refractivity contribution in [1.82, 2.24) is 9.97 Å². The average Bonchev–Trinajstić information content (AvgIpc) is 3.03. The smallest absolute Gasteiger partial charge is 0.255 e. The fourth-order valence-corrected chi connectivity index (χ4v) is 5.44. The minimum absolute atomic E-state index is 0.0424. The molecule has 2 aliphatic heterocycles. The van der Waals surface area contributed by atoms with Crippen molar-refractivity contribution in [3.8, 4) is 0 Å². The Morgan fingerprint density at radius 3 is 2.71 bits per heavy atom. The molecule has 2 N–H and O–H groups in total. The number of β-amino-alcohol motifs (C(OH)–C–C–N with tert-alkyl or cyclic N) is 1. The van der Waals surface area contributed by atoms with Gasteiger partial charge in [-0.1, -0.05) is 12.1 Å². The molecule has 3 aliphatic rings. The first-order valence-corrected chi connectivity index (χ1v) is 10.9. The number of aromatic amines is 1. The number of carbonyl (C=O) groups excluding carboxylic acids is 1. The molecule has 0 radical (unpaired) electrons. The summed E-state index contributed by atoms with van der Waals surface area (Å²) >= 11 is 0. The number of aliphatic hydroxyl groups is 1. The summed E-state index contributed by atoms with van der Waals surface area (Å²) in [4.78, 5) is 41.1. The van der Waals surface area contributed by atoms with Crippen LogP contribution in [0.2, 0.25) is 0 Å². The number of fused-ring (bicyclic) bond motifs is 3. The lowest BCUT2D eigenvalue weighted by Crippen LogP contribution is -2.50. The van der Waals surface area contributed by atoms with Crippen LogP contribution < -0.4 is 15.4 Å². The Labute approximate surface area is 180 Å². The molecular weight excluding hydrogens is 394 g/mol. The third-order valence-corrected chi connectivity index (χ3v) is 6.98.